The molecule has 2 aliphatic rings. The van der Waals surface area contributed by atoms with E-state index in [2.05, 4.69) is 0 Å². The van der Waals surface area contributed by atoms with Crippen LogP contribution in [0.3, 0.4) is 0 Å². The molecule has 2 unspecified atom stereocenters. The van der Waals surface area contributed by atoms with Gasteiger partial charge in [-0.1, -0.05) is 6.92 Å². The Morgan fingerprint density at radius 2 is 2.12 bits per heavy atom. The quantitative estimate of drug-likeness (QED) is 0.775. The average molecular weight is 241 g/mol. The van der Waals surface area contributed by atoms with Gasteiger partial charge >= 0.3 is 5.97 Å². The van der Waals surface area contributed by atoms with Crippen LogP contribution in [0.2, 0.25) is 0 Å². The van der Waals surface area contributed by atoms with Crippen molar-refractivity contribution in [3.8, 4) is 0 Å². The molecule has 5 heteroatoms. The topological polar surface area (TPSA) is 66.8 Å². The first-order chi connectivity index (χ1) is 8.09. The van der Waals surface area contributed by atoms with E-state index >= 15 is 0 Å². The lowest BCUT2D eigenvalue weighted by Crippen LogP contribution is -2.43. The lowest BCUT2D eigenvalue weighted by molar-refractivity contribution is -0.146. The van der Waals surface area contributed by atoms with E-state index in [0.29, 0.717) is 13.2 Å². The number of carbonyl (C=O) groups excluding carboxylic acids is 1. The molecule has 0 radical (unpaired) electrons. The van der Waals surface area contributed by atoms with Gasteiger partial charge in [0.1, 0.15) is 6.10 Å². The molecule has 2 rings (SSSR count). The molecule has 0 aromatic heterocycles. The number of rotatable bonds is 5. The van der Waals surface area contributed by atoms with Crippen LogP contribution in [-0.2, 0) is 14.3 Å². The normalized spacial score (nSPS) is 25.6. The van der Waals surface area contributed by atoms with Crippen molar-refractivity contribution in [3.05, 3.63) is 0 Å². The molecule has 1 amide bonds. The molecule has 1 N–H and O–H groups in total. The number of carboxylic acid groups (broad SMARTS) is 1. The van der Waals surface area contributed by atoms with Gasteiger partial charge in [-0.05, 0) is 25.7 Å². The zero-order valence-electron chi connectivity index (χ0n) is 10.1. The molecule has 0 bridgehead atoms. The first-order valence-corrected chi connectivity index (χ1v) is 6.24. The van der Waals surface area contributed by atoms with Crippen molar-refractivity contribution in [2.75, 3.05) is 13.2 Å². The van der Waals surface area contributed by atoms with Crippen molar-refractivity contribution in [3.63, 3.8) is 0 Å². The van der Waals surface area contributed by atoms with E-state index in [1.807, 2.05) is 0 Å². The Labute approximate surface area is 101 Å². The maximum absolute atomic E-state index is 12.2. The molecule has 2 fully saturated rings. The number of hydrogen-bond acceptors (Lipinski definition) is 3. The molecule has 5 nitrogen and oxygen atoms in total. The van der Waals surface area contributed by atoms with Crippen molar-refractivity contribution in [1.82, 2.24) is 4.90 Å². The number of hydrogen-bond donors (Lipinski definition) is 1. The Morgan fingerprint density at radius 3 is 2.59 bits per heavy atom. The van der Waals surface area contributed by atoms with Gasteiger partial charge in [-0.25, -0.2) is 0 Å². The number of amides is 1. The highest BCUT2D eigenvalue weighted by Gasteiger charge is 2.38. The van der Waals surface area contributed by atoms with Crippen LogP contribution in [0.15, 0.2) is 0 Å². The molecular formula is C12H19NO4. The van der Waals surface area contributed by atoms with Crippen molar-refractivity contribution in [1.29, 1.82) is 0 Å². The number of ether oxygens (including phenoxy) is 1. The van der Waals surface area contributed by atoms with E-state index in [0.717, 1.165) is 25.7 Å². The van der Waals surface area contributed by atoms with E-state index in [1.165, 1.54) is 0 Å². The second-order valence-electron chi connectivity index (χ2n) is 4.96. The highest BCUT2D eigenvalue weighted by molar-refractivity contribution is 5.82. The van der Waals surface area contributed by atoms with Crippen molar-refractivity contribution < 1.29 is 19.4 Å². The van der Waals surface area contributed by atoms with Gasteiger partial charge in [-0.2, -0.15) is 0 Å². The third kappa shape index (κ3) is 2.97. The molecule has 0 aromatic rings. The number of nitrogens with zero attached hydrogens (tertiary/aromatic N) is 1. The lowest BCUT2D eigenvalue weighted by Gasteiger charge is -2.26. The van der Waals surface area contributed by atoms with Gasteiger partial charge in [-0.15, -0.1) is 0 Å². The van der Waals surface area contributed by atoms with E-state index in [1.54, 1.807) is 11.8 Å². The van der Waals surface area contributed by atoms with Crippen LogP contribution in [-0.4, -0.2) is 47.2 Å². The molecule has 1 saturated heterocycles. The van der Waals surface area contributed by atoms with Crippen LogP contribution in [0.5, 0.6) is 0 Å². The fourth-order valence-electron chi connectivity index (χ4n) is 2.14. The highest BCUT2D eigenvalue weighted by Crippen LogP contribution is 2.29. The third-order valence-electron chi connectivity index (χ3n) is 3.37. The molecule has 1 aliphatic heterocycles. The predicted octanol–water partition coefficient (Wildman–Crippen LogP) is 0.877. The summed E-state index contributed by atoms with van der Waals surface area (Å²) in [5, 5.41) is 8.91. The highest BCUT2D eigenvalue weighted by atomic mass is 16.5. The Kier molecular flexibility index (Phi) is 3.66. The summed E-state index contributed by atoms with van der Waals surface area (Å²) in [4.78, 5) is 24.8. The van der Waals surface area contributed by atoms with E-state index in [-0.39, 0.29) is 18.1 Å². The molecule has 2 atom stereocenters. The van der Waals surface area contributed by atoms with E-state index < -0.39 is 11.9 Å². The number of aliphatic carboxylic acids is 1. The van der Waals surface area contributed by atoms with E-state index in [4.69, 9.17) is 9.84 Å². The fourth-order valence-corrected chi connectivity index (χ4v) is 2.14. The minimum absolute atomic E-state index is 0.0156. The van der Waals surface area contributed by atoms with Crippen LogP contribution in [0.25, 0.3) is 0 Å². The second-order valence-corrected chi connectivity index (χ2v) is 4.96. The fraction of sp³-hybridized carbons (Fsp3) is 0.833. The summed E-state index contributed by atoms with van der Waals surface area (Å²) in [6.07, 6.45) is 3.33. The summed E-state index contributed by atoms with van der Waals surface area (Å²) in [6, 6.07) is 0.244. The minimum Gasteiger partial charge on any atom is -0.481 e. The van der Waals surface area contributed by atoms with Gasteiger partial charge in [0.25, 0.3) is 5.91 Å². The number of carboxylic acids is 1. The van der Waals surface area contributed by atoms with Crippen LogP contribution in [0, 0.1) is 5.92 Å². The van der Waals surface area contributed by atoms with Crippen LogP contribution in [0.1, 0.15) is 32.6 Å². The van der Waals surface area contributed by atoms with Crippen molar-refractivity contribution >= 4 is 11.9 Å². The molecule has 0 spiro atoms. The van der Waals surface area contributed by atoms with Crippen LogP contribution in [0.4, 0.5) is 0 Å². The molecule has 1 heterocycles. The SMILES string of the molecule is CC(CN(C(=O)C1CCCO1)C1CC1)C(=O)O. The Morgan fingerprint density at radius 1 is 1.41 bits per heavy atom. The minimum atomic E-state index is -0.851. The lowest BCUT2D eigenvalue weighted by atomic mass is 10.1. The Hall–Kier alpha value is -1.10. The summed E-state index contributed by atoms with van der Waals surface area (Å²) in [5.74, 6) is -1.38. The van der Waals surface area contributed by atoms with Crippen molar-refractivity contribution in [2.45, 2.75) is 44.8 Å². The summed E-state index contributed by atoms with van der Waals surface area (Å²) in [6.45, 7) is 2.59. The van der Waals surface area contributed by atoms with Crippen LogP contribution < -0.4 is 0 Å². The molecular weight excluding hydrogens is 222 g/mol. The Balaban J connectivity index is 1.96. The zero-order chi connectivity index (χ0) is 12.4. The number of carbonyl (C=O) groups is 2. The van der Waals surface area contributed by atoms with Crippen molar-refractivity contribution in [2.24, 2.45) is 5.92 Å². The predicted molar refractivity (Wildman–Crippen MR) is 60.5 cm³/mol. The zero-order valence-corrected chi connectivity index (χ0v) is 10.1. The van der Waals surface area contributed by atoms with Gasteiger partial charge in [0.2, 0.25) is 0 Å². The molecule has 1 aliphatic carbocycles. The van der Waals surface area contributed by atoms with Crippen LogP contribution >= 0.6 is 0 Å². The third-order valence-corrected chi connectivity index (χ3v) is 3.37. The Bertz CT molecular complexity index is 308. The largest absolute Gasteiger partial charge is 0.481 e. The van der Waals surface area contributed by atoms with Gasteiger partial charge < -0.3 is 14.7 Å². The van der Waals surface area contributed by atoms with Gasteiger partial charge in [0.05, 0.1) is 5.92 Å². The standard InChI is InChI=1S/C12H19NO4/c1-8(12(15)16)7-13(9-4-5-9)11(14)10-3-2-6-17-10/h8-10H,2-7H2,1H3,(H,15,16). The van der Waals surface area contributed by atoms with Gasteiger partial charge in [0.15, 0.2) is 0 Å². The summed E-state index contributed by atoms with van der Waals surface area (Å²) < 4.78 is 5.38. The molecule has 1 saturated carbocycles. The second kappa shape index (κ2) is 5.04. The summed E-state index contributed by atoms with van der Waals surface area (Å²) >= 11 is 0. The summed E-state index contributed by atoms with van der Waals surface area (Å²) in [7, 11) is 0. The van der Waals surface area contributed by atoms with Gasteiger partial charge in [-0.3, -0.25) is 9.59 Å². The monoisotopic (exact) mass is 241 g/mol. The molecule has 0 aromatic carbocycles. The molecule has 96 valence electrons. The maximum atomic E-state index is 12.2. The molecule has 17 heavy (non-hydrogen) atoms. The maximum Gasteiger partial charge on any atom is 0.308 e. The first kappa shape index (κ1) is 12.4. The summed E-state index contributed by atoms with van der Waals surface area (Å²) in [5.41, 5.74) is 0. The average Bonchev–Trinajstić information content (AvgIpc) is 2.98. The van der Waals surface area contributed by atoms with E-state index in [9.17, 15) is 9.59 Å². The first-order valence-electron chi connectivity index (χ1n) is 6.24. The smallest absolute Gasteiger partial charge is 0.308 e. The van der Waals surface area contributed by atoms with Gasteiger partial charge in [0, 0.05) is 19.2 Å².